The minimum Gasteiger partial charge on any atom is -0.344 e. The summed E-state index contributed by atoms with van der Waals surface area (Å²) in [6.07, 6.45) is 4.41. The van der Waals surface area contributed by atoms with Crippen molar-refractivity contribution in [2.45, 2.75) is 0 Å². The van der Waals surface area contributed by atoms with E-state index in [4.69, 9.17) is 0 Å². The number of rotatable bonds is 3. The molecule has 0 spiro atoms. The number of pyridine rings is 1. The van der Waals surface area contributed by atoms with E-state index in [-0.39, 0.29) is 0 Å². The fourth-order valence-electron chi connectivity index (χ4n) is 3.56. The molecule has 0 saturated heterocycles. The van der Waals surface area contributed by atoms with Gasteiger partial charge < -0.3 is 4.90 Å². The minimum atomic E-state index is -0.999. The first kappa shape index (κ1) is 18.8. The molecule has 4 heteroatoms. The predicted molar refractivity (Wildman–Crippen MR) is 126 cm³/mol. The highest BCUT2D eigenvalue weighted by Crippen LogP contribution is 2.29. The van der Waals surface area contributed by atoms with Crippen molar-refractivity contribution < 1.29 is 4.57 Å². The molecule has 1 aliphatic heterocycles. The number of likely N-dealkylation sites (N-methyl/N-ethyl adjacent to an activating group) is 1. The SMILES string of the molecule is CN1/C(=C/[Si](/C=C/Br)=C\c2ccc3ccccc3[n+]2C)C=Cc2ccccc21. The Kier molecular flexibility index (Phi) is 5.51. The maximum atomic E-state index is 3.48. The highest BCUT2D eigenvalue weighted by Gasteiger charge is 2.14. The van der Waals surface area contributed by atoms with Crippen LogP contribution in [0.4, 0.5) is 5.69 Å². The molecular formula is C24H22BrN2Si+. The van der Waals surface area contributed by atoms with Gasteiger partial charge in [0.25, 0.3) is 0 Å². The zero-order valence-corrected chi connectivity index (χ0v) is 18.6. The van der Waals surface area contributed by atoms with Crippen LogP contribution in [-0.2, 0) is 7.05 Å². The average molecular weight is 446 g/mol. The first-order valence-corrected chi connectivity index (χ1v) is 11.9. The molecule has 1 aromatic heterocycles. The van der Waals surface area contributed by atoms with E-state index in [1.54, 1.807) is 0 Å². The van der Waals surface area contributed by atoms with E-state index in [1.807, 2.05) is 4.99 Å². The van der Waals surface area contributed by atoms with Crippen molar-refractivity contribution in [1.29, 1.82) is 0 Å². The quantitative estimate of drug-likeness (QED) is 0.409. The largest absolute Gasteiger partial charge is 0.344 e. The fourth-order valence-corrected chi connectivity index (χ4v) is 6.16. The molecule has 0 bridgehead atoms. The van der Waals surface area contributed by atoms with Gasteiger partial charge in [0.15, 0.2) is 0 Å². The minimum absolute atomic E-state index is 0.999. The first-order chi connectivity index (χ1) is 13.7. The van der Waals surface area contributed by atoms with E-state index in [0.717, 1.165) is 0 Å². The number of benzene rings is 2. The molecule has 3 aromatic rings. The van der Waals surface area contributed by atoms with Gasteiger partial charge in [-0.05, 0) is 40.5 Å². The lowest BCUT2D eigenvalue weighted by Crippen LogP contribution is -2.35. The average Bonchev–Trinajstić information content (AvgIpc) is 2.72. The lowest BCUT2D eigenvalue weighted by atomic mass is 10.1. The third kappa shape index (κ3) is 3.70. The second kappa shape index (κ2) is 8.21. The standard InChI is InChI=1S/C24H22BrN2Si/c1-26-21(13-11-19-7-3-5-9-23(19)26)17-28(16-15-25)18-22-14-12-20-8-4-6-10-24(20)27(22)2/h3-18H,1-2H3/q+1/b16-15+. The van der Waals surface area contributed by atoms with Gasteiger partial charge in [-0.1, -0.05) is 63.7 Å². The maximum absolute atomic E-state index is 3.48. The number of nitrogens with zero attached hydrogens (tertiary/aromatic N) is 2. The van der Waals surface area contributed by atoms with Crippen LogP contribution in [0.5, 0.6) is 0 Å². The molecule has 28 heavy (non-hydrogen) atoms. The van der Waals surface area contributed by atoms with Crippen molar-refractivity contribution in [2.75, 3.05) is 11.9 Å². The monoisotopic (exact) mass is 445 g/mol. The summed E-state index contributed by atoms with van der Waals surface area (Å²) in [7, 11) is 3.28. The predicted octanol–water partition coefficient (Wildman–Crippen LogP) is 4.93. The number of aromatic nitrogens is 1. The molecule has 4 rings (SSSR count). The van der Waals surface area contributed by atoms with Crippen molar-refractivity contribution in [3.8, 4) is 0 Å². The molecule has 0 atom stereocenters. The van der Waals surface area contributed by atoms with E-state index in [2.05, 4.69) is 129 Å². The fraction of sp³-hybridized carbons (Fsp3) is 0.0833. The van der Waals surface area contributed by atoms with E-state index in [1.165, 1.54) is 33.5 Å². The Labute approximate surface area is 176 Å². The van der Waals surface area contributed by atoms with Gasteiger partial charge in [-0.25, -0.2) is 0 Å². The molecule has 2 heterocycles. The maximum Gasteiger partial charge on any atom is 0.212 e. The number of halogens is 1. The lowest BCUT2D eigenvalue weighted by molar-refractivity contribution is -0.645. The van der Waals surface area contributed by atoms with Crippen LogP contribution >= 0.6 is 15.9 Å². The summed E-state index contributed by atoms with van der Waals surface area (Å²) in [5.74, 6) is 0. The van der Waals surface area contributed by atoms with Gasteiger partial charge in [-0.2, -0.15) is 4.57 Å². The van der Waals surface area contributed by atoms with Crippen LogP contribution in [0.3, 0.4) is 0 Å². The van der Waals surface area contributed by atoms with Crippen LogP contribution in [0, 0.1) is 0 Å². The van der Waals surface area contributed by atoms with Crippen LogP contribution in [-0.4, -0.2) is 21.1 Å². The van der Waals surface area contributed by atoms with Gasteiger partial charge in [0.1, 0.15) is 7.05 Å². The third-order valence-corrected chi connectivity index (χ3v) is 7.68. The van der Waals surface area contributed by atoms with Crippen molar-refractivity contribution in [2.24, 2.45) is 7.05 Å². The summed E-state index contributed by atoms with van der Waals surface area (Å²) in [5.41, 5.74) is 13.3. The molecule has 0 radical (unpaired) electrons. The van der Waals surface area contributed by atoms with Crippen LogP contribution in [0.15, 0.2) is 88.8 Å². The summed E-state index contributed by atoms with van der Waals surface area (Å²) in [4.78, 5) is 4.26. The van der Waals surface area contributed by atoms with Gasteiger partial charge in [0, 0.05) is 36.0 Å². The van der Waals surface area contributed by atoms with Gasteiger partial charge in [-0.3, -0.25) is 0 Å². The second-order valence-corrected chi connectivity index (χ2v) is 9.27. The third-order valence-electron chi connectivity index (χ3n) is 5.12. The van der Waals surface area contributed by atoms with E-state index < -0.39 is 8.41 Å². The zero-order chi connectivity index (χ0) is 19.5. The molecular weight excluding hydrogens is 424 g/mol. The zero-order valence-electron chi connectivity index (χ0n) is 16.0. The summed E-state index contributed by atoms with van der Waals surface area (Å²) >= 11 is 3.48. The summed E-state index contributed by atoms with van der Waals surface area (Å²) in [5, 5.41) is 1.26. The van der Waals surface area contributed by atoms with Crippen molar-refractivity contribution in [3.05, 3.63) is 100 Å². The van der Waals surface area contributed by atoms with Gasteiger partial charge in [0.05, 0.1) is 8.41 Å². The molecule has 2 nitrogen and oxygen atoms in total. The number of fused-ring (bicyclic) bond motifs is 2. The second-order valence-electron chi connectivity index (χ2n) is 6.83. The topological polar surface area (TPSA) is 7.12 Å². The Bertz CT molecular complexity index is 1160. The van der Waals surface area contributed by atoms with Crippen LogP contribution in [0.2, 0.25) is 0 Å². The molecule has 1 aliphatic rings. The number of hydrogen-bond donors (Lipinski definition) is 0. The lowest BCUT2D eigenvalue weighted by Gasteiger charge is -2.26. The van der Waals surface area contributed by atoms with Crippen LogP contribution in [0.1, 0.15) is 11.3 Å². The Morgan fingerprint density at radius 3 is 2.61 bits per heavy atom. The number of para-hydroxylation sites is 2. The molecule has 0 saturated carbocycles. The molecule has 0 aliphatic carbocycles. The van der Waals surface area contributed by atoms with Gasteiger partial charge >= 0.3 is 0 Å². The van der Waals surface area contributed by atoms with Crippen molar-refractivity contribution >= 4 is 52.7 Å². The number of aryl methyl sites for hydroxylation is 1. The molecule has 0 fully saturated rings. The Morgan fingerprint density at radius 2 is 1.75 bits per heavy atom. The highest BCUT2D eigenvalue weighted by molar-refractivity contribution is 9.11. The van der Waals surface area contributed by atoms with Crippen molar-refractivity contribution in [3.63, 3.8) is 0 Å². The molecule has 0 unspecified atom stereocenters. The smallest absolute Gasteiger partial charge is 0.212 e. The summed E-state index contributed by atoms with van der Waals surface area (Å²) < 4.78 is 2.27. The number of anilines is 1. The van der Waals surface area contributed by atoms with Gasteiger partial charge in [-0.15, -0.1) is 0 Å². The normalized spacial score (nSPS) is 15.6. The Morgan fingerprint density at radius 1 is 0.964 bits per heavy atom. The first-order valence-electron chi connectivity index (χ1n) is 9.26. The molecule has 138 valence electrons. The van der Waals surface area contributed by atoms with E-state index >= 15 is 0 Å². The molecule has 0 amide bonds. The number of hydrogen-bond acceptors (Lipinski definition) is 1. The van der Waals surface area contributed by atoms with E-state index in [9.17, 15) is 0 Å². The van der Waals surface area contributed by atoms with Crippen LogP contribution in [0.25, 0.3) is 17.0 Å². The Balaban J connectivity index is 1.77. The van der Waals surface area contributed by atoms with Crippen molar-refractivity contribution in [1.82, 2.24) is 0 Å². The Hall–Kier alpha value is -2.56. The van der Waals surface area contributed by atoms with E-state index in [0.29, 0.717) is 0 Å². The summed E-state index contributed by atoms with van der Waals surface area (Å²) in [6.45, 7) is 0. The van der Waals surface area contributed by atoms with Gasteiger partial charge in [0.2, 0.25) is 11.2 Å². The van der Waals surface area contributed by atoms with Crippen LogP contribution < -0.4 is 9.47 Å². The molecule has 0 N–H and O–H groups in total. The number of allylic oxidation sites excluding steroid dienone is 1. The molecule has 2 aromatic carbocycles. The highest BCUT2D eigenvalue weighted by atomic mass is 79.9. The summed E-state index contributed by atoms with van der Waals surface area (Å²) in [6, 6.07) is 21.4.